The Hall–Kier alpha value is -2.04. The summed E-state index contributed by atoms with van der Waals surface area (Å²) in [6, 6.07) is 7.77. The molecule has 2 rings (SSSR count). The molecule has 0 fully saturated rings. The molecule has 0 saturated heterocycles. The molecule has 0 aliphatic carbocycles. The van der Waals surface area contributed by atoms with E-state index in [1.165, 1.54) is 6.92 Å². The van der Waals surface area contributed by atoms with E-state index in [0.29, 0.717) is 0 Å². The first-order chi connectivity index (χ1) is 8.74. The van der Waals surface area contributed by atoms with Crippen molar-refractivity contribution in [3.63, 3.8) is 0 Å². The van der Waals surface area contributed by atoms with Crippen molar-refractivity contribution in [2.75, 3.05) is 18.4 Å². The Morgan fingerprint density at radius 3 is 2.78 bits per heavy atom. The number of hydrogen-bond acceptors (Lipinski definition) is 4. The number of carbonyl (C=O) groups excluding carboxylic acids is 1. The second-order valence-corrected chi connectivity index (χ2v) is 4.24. The van der Waals surface area contributed by atoms with E-state index >= 15 is 0 Å². The normalized spacial score (nSPS) is 14.4. The summed E-state index contributed by atoms with van der Waals surface area (Å²) in [7, 11) is 0. The van der Waals surface area contributed by atoms with Crippen LogP contribution in [0.25, 0.3) is 0 Å². The standard InChI is InChI=1S/C13H18N4O/c1-10(18)17-12-5-3-11(4-6-12)9-16-13-14-7-2-8-15-13/h3-6H,2,7-9H2,1H3,(H,17,18)(H2,14,15,16). The van der Waals surface area contributed by atoms with Gasteiger partial charge >= 0.3 is 0 Å². The van der Waals surface area contributed by atoms with E-state index in [4.69, 9.17) is 0 Å². The molecule has 0 unspecified atom stereocenters. The topological polar surface area (TPSA) is 65.5 Å². The van der Waals surface area contributed by atoms with Gasteiger partial charge in [-0.3, -0.25) is 9.79 Å². The molecule has 0 radical (unpaired) electrons. The van der Waals surface area contributed by atoms with Crippen molar-refractivity contribution in [1.82, 2.24) is 10.6 Å². The highest BCUT2D eigenvalue weighted by Gasteiger charge is 2.03. The lowest BCUT2D eigenvalue weighted by molar-refractivity contribution is -0.114. The maximum absolute atomic E-state index is 10.9. The highest BCUT2D eigenvalue weighted by atomic mass is 16.1. The second kappa shape index (κ2) is 6.05. The molecule has 18 heavy (non-hydrogen) atoms. The van der Waals surface area contributed by atoms with Gasteiger partial charge in [-0.15, -0.1) is 0 Å². The number of nitrogens with one attached hydrogen (secondary N) is 3. The van der Waals surface area contributed by atoms with Gasteiger partial charge < -0.3 is 16.0 Å². The van der Waals surface area contributed by atoms with Crippen LogP contribution in [-0.4, -0.2) is 25.0 Å². The molecule has 1 aromatic carbocycles. The molecule has 0 spiro atoms. The van der Waals surface area contributed by atoms with Crippen molar-refractivity contribution in [2.24, 2.45) is 4.99 Å². The minimum atomic E-state index is -0.0540. The van der Waals surface area contributed by atoms with Crippen LogP contribution in [0.5, 0.6) is 0 Å². The highest BCUT2D eigenvalue weighted by Crippen LogP contribution is 2.09. The molecule has 1 aliphatic rings. The van der Waals surface area contributed by atoms with Crippen LogP contribution in [0.1, 0.15) is 18.9 Å². The number of carbonyl (C=O) groups is 1. The molecule has 1 amide bonds. The van der Waals surface area contributed by atoms with Crippen molar-refractivity contribution in [2.45, 2.75) is 19.9 Å². The maximum atomic E-state index is 10.9. The molecule has 96 valence electrons. The summed E-state index contributed by atoms with van der Waals surface area (Å²) in [6.07, 6.45) is 1.09. The van der Waals surface area contributed by atoms with Crippen LogP contribution in [0.4, 0.5) is 5.69 Å². The predicted molar refractivity (Wildman–Crippen MR) is 72.5 cm³/mol. The fourth-order valence-corrected chi connectivity index (χ4v) is 1.75. The lowest BCUT2D eigenvalue weighted by Crippen LogP contribution is -2.40. The van der Waals surface area contributed by atoms with Gasteiger partial charge in [-0.1, -0.05) is 12.1 Å². The van der Waals surface area contributed by atoms with Gasteiger partial charge in [-0.2, -0.15) is 0 Å². The first-order valence-electron chi connectivity index (χ1n) is 6.13. The van der Waals surface area contributed by atoms with Gasteiger partial charge in [-0.05, 0) is 24.1 Å². The molecule has 1 aliphatic heterocycles. The smallest absolute Gasteiger partial charge is 0.221 e. The summed E-state index contributed by atoms with van der Waals surface area (Å²) in [5, 5.41) is 9.20. The van der Waals surface area contributed by atoms with E-state index in [-0.39, 0.29) is 5.91 Å². The van der Waals surface area contributed by atoms with Gasteiger partial charge in [0.2, 0.25) is 5.91 Å². The zero-order valence-corrected chi connectivity index (χ0v) is 10.5. The van der Waals surface area contributed by atoms with Crippen LogP contribution < -0.4 is 16.0 Å². The van der Waals surface area contributed by atoms with Crippen LogP contribution >= 0.6 is 0 Å². The van der Waals surface area contributed by atoms with Gasteiger partial charge in [0.15, 0.2) is 5.96 Å². The SMILES string of the molecule is CC(=O)Nc1ccc(CNC2=NCCCN2)cc1. The third-order valence-electron chi connectivity index (χ3n) is 2.63. The predicted octanol–water partition coefficient (Wildman–Crippen LogP) is 1.08. The molecule has 0 aromatic heterocycles. The molecule has 1 heterocycles. The Morgan fingerprint density at radius 1 is 1.39 bits per heavy atom. The zero-order valence-electron chi connectivity index (χ0n) is 10.5. The third-order valence-corrected chi connectivity index (χ3v) is 2.63. The molecular formula is C13H18N4O. The van der Waals surface area contributed by atoms with Gasteiger partial charge in [0.25, 0.3) is 0 Å². The highest BCUT2D eigenvalue weighted by molar-refractivity contribution is 5.88. The molecule has 0 atom stereocenters. The van der Waals surface area contributed by atoms with E-state index in [0.717, 1.165) is 43.3 Å². The minimum Gasteiger partial charge on any atom is -0.356 e. The molecule has 5 heteroatoms. The molecule has 0 saturated carbocycles. The summed E-state index contributed by atoms with van der Waals surface area (Å²) in [6.45, 7) is 4.10. The van der Waals surface area contributed by atoms with E-state index in [9.17, 15) is 4.79 Å². The van der Waals surface area contributed by atoms with Crippen LogP contribution in [-0.2, 0) is 11.3 Å². The lowest BCUT2D eigenvalue weighted by Gasteiger charge is -2.16. The zero-order chi connectivity index (χ0) is 12.8. The summed E-state index contributed by atoms with van der Waals surface area (Å²) in [5.41, 5.74) is 1.97. The Labute approximate surface area is 107 Å². The van der Waals surface area contributed by atoms with Crippen molar-refractivity contribution >= 4 is 17.6 Å². The van der Waals surface area contributed by atoms with E-state index in [1.807, 2.05) is 24.3 Å². The van der Waals surface area contributed by atoms with Crippen LogP contribution in [0, 0.1) is 0 Å². The molecule has 3 N–H and O–H groups in total. The first kappa shape index (κ1) is 12.4. The number of benzene rings is 1. The Kier molecular flexibility index (Phi) is 4.17. The van der Waals surface area contributed by atoms with E-state index in [2.05, 4.69) is 20.9 Å². The van der Waals surface area contributed by atoms with E-state index < -0.39 is 0 Å². The minimum absolute atomic E-state index is 0.0540. The van der Waals surface area contributed by atoms with E-state index in [1.54, 1.807) is 0 Å². The van der Waals surface area contributed by atoms with Gasteiger partial charge in [0.05, 0.1) is 0 Å². The second-order valence-electron chi connectivity index (χ2n) is 4.24. The number of anilines is 1. The van der Waals surface area contributed by atoms with Gasteiger partial charge in [-0.25, -0.2) is 0 Å². The Balaban J connectivity index is 1.86. The fraction of sp³-hybridized carbons (Fsp3) is 0.385. The Bertz CT molecular complexity index is 439. The summed E-state index contributed by atoms with van der Waals surface area (Å²) in [4.78, 5) is 15.2. The summed E-state index contributed by atoms with van der Waals surface area (Å²) < 4.78 is 0. The fourth-order valence-electron chi connectivity index (χ4n) is 1.75. The lowest BCUT2D eigenvalue weighted by atomic mass is 10.2. The quantitative estimate of drug-likeness (QED) is 0.748. The van der Waals surface area contributed by atoms with Crippen LogP contribution in [0.3, 0.4) is 0 Å². The number of rotatable bonds is 3. The summed E-state index contributed by atoms with van der Waals surface area (Å²) >= 11 is 0. The summed E-state index contributed by atoms with van der Waals surface area (Å²) in [5.74, 6) is 0.814. The van der Waals surface area contributed by atoms with Crippen LogP contribution in [0.2, 0.25) is 0 Å². The molecular weight excluding hydrogens is 228 g/mol. The third kappa shape index (κ3) is 3.76. The largest absolute Gasteiger partial charge is 0.356 e. The van der Waals surface area contributed by atoms with Crippen molar-refractivity contribution < 1.29 is 4.79 Å². The number of guanidine groups is 1. The van der Waals surface area contributed by atoms with Crippen molar-refractivity contribution in [1.29, 1.82) is 0 Å². The van der Waals surface area contributed by atoms with Crippen molar-refractivity contribution in [3.05, 3.63) is 29.8 Å². The number of aliphatic imine (C=N–C) groups is 1. The molecule has 0 bridgehead atoms. The monoisotopic (exact) mass is 246 g/mol. The van der Waals surface area contributed by atoms with Crippen molar-refractivity contribution in [3.8, 4) is 0 Å². The average Bonchev–Trinajstić information content (AvgIpc) is 2.38. The number of nitrogens with zero attached hydrogens (tertiary/aromatic N) is 1. The molecule has 1 aromatic rings. The molecule has 5 nitrogen and oxygen atoms in total. The first-order valence-corrected chi connectivity index (χ1v) is 6.13. The van der Waals surface area contributed by atoms with Crippen LogP contribution in [0.15, 0.2) is 29.3 Å². The average molecular weight is 246 g/mol. The van der Waals surface area contributed by atoms with Gasteiger partial charge in [0, 0.05) is 32.2 Å². The number of amides is 1. The number of hydrogen-bond donors (Lipinski definition) is 3. The maximum Gasteiger partial charge on any atom is 0.221 e. The Morgan fingerprint density at radius 2 is 2.17 bits per heavy atom. The van der Waals surface area contributed by atoms with Gasteiger partial charge in [0.1, 0.15) is 0 Å².